The summed E-state index contributed by atoms with van der Waals surface area (Å²) in [7, 11) is 0. The summed E-state index contributed by atoms with van der Waals surface area (Å²) in [4.78, 5) is 14.9. The Hall–Kier alpha value is -1.35. The van der Waals surface area contributed by atoms with Crippen molar-refractivity contribution >= 4 is 5.91 Å². The van der Waals surface area contributed by atoms with Crippen LogP contribution in [0.5, 0.6) is 0 Å². The number of amides is 1. The molecule has 1 heterocycles. The molecule has 0 aliphatic carbocycles. The lowest BCUT2D eigenvalue weighted by Gasteiger charge is -2.50. The van der Waals surface area contributed by atoms with Crippen molar-refractivity contribution in [3.63, 3.8) is 0 Å². The molecule has 1 aliphatic heterocycles. The van der Waals surface area contributed by atoms with E-state index in [1.54, 1.807) is 0 Å². The fourth-order valence-electron chi connectivity index (χ4n) is 3.25. The summed E-state index contributed by atoms with van der Waals surface area (Å²) in [6.45, 7) is 10.00. The average Bonchev–Trinajstić information content (AvgIpc) is 2.43. The molecule has 0 atom stereocenters. The van der Waals surface area contributed by atoms with Gasteiger partial charge in [0.15, 0.2) is 0 Å². The van der Waals surface area contributed by atoms with Gasteiger partial charge >= 0.3 is 0 Å². The Balaban J connectivity index is 2.25. The summed E-state index contributed by atoms with van der Waals surface area (Å²) in [5.74, 6) is 0.241. The molecule has 3 heteroatoms. The molecular formula is C17H26N2O. The zero-order valence-electron chi connectivity index (χ0n) is 13.1. The highest BCUT2D eigenvalue weighted by atomic mass is 16.2. The molecule has 1 fully saturated rings. The first-order chi connectivity index (χ1) is 9.42. The minimum atomic E-state index is -0.406. The van der Waals surface area contributed by atoms with Crippen LogP contribution in [0.15, 0.2) is 30.3 Å². The van der Waals surface area contributed by atoms with Gasteiger partial charge in [0.2, 0.25) is 5.91 Å². The summed E-state index contributed by atoms with van der Waals surface area (Å²) in [6.07, 6.45) is 1.66. The maximum atomic E-state index is 12.9. The number of nitrogens with one attached hydrogen (secondary N) is 1. The standard InChI is InChI=1S/C17H26N2O/c1-5-17(6-2)15(20)19(13-16(3,4)18-17)12-14-10-8-7-9-11-14/h7-11,18H,5-6,12-13H2,1-4H3. The van der Waals surface area contributed by atoms with Crippen molar-refractivity contribution in [2.75, 3.05) is 6.54 Å². The van der Waals surface area contributed by atoms with Crippen LogP contribution in [0, 0.1) is 0 Å². The van der Waals surface area contributed by atoms with Crippen molar-refractivity contribution in [2.24, 2.45) is 0 Å². The zero-order valence-corrected chi connectivity index (χ0v) is 13.1. The first-order valence-corrected chi connectivity index (χ1v) is 7.55. The lowest BCUT2D eigenvalue weighted by atomic mass is 9.83. The van der Waals surface area contributed by atoms with Crippen LogP contribution in [0.1, 0.15) is 46.1 Å². The summed E-state index contributed by atoms with van der Waals surface area (Å²) >= 11 is 0. The molecule has 1 amide bonds. The van der Waals surface area contributed by atoms with Gasteiger partial charge in [0.05, 0.1) is 5.54 Å². The summed E-state index contributed by atoms with van der Waals surface area (Å²) in [5.41, 5.74) is 0.741. The van der Waals surface area contributed by atoms with E-state index in [9.17, 15) is 4.79 Å². The third kappa shape index (κ3) is 2.88. The lowest BCUT2D eigenvalue weighted by molar-refractivity contribution is -0.146. The molecule has 1 aromatic rings. The second kappa shape index (κ2) is 5.57. The molecule has 3 nitrogen and oxygen atoms in total. The van der Waals surface area contributed by atoms with E-state index in [1.807, 2.05) is 23.1 Å². The van der Waals surface area contributed by atoms with Gasteiger partial charge in [-0.2, -0.15) is 0 Å². The van der Waals surface area contributed by atoms with Crippen LogP contribution in [-0.4, -0.2) is 28.4 Å². The predicted molar refractivity (Wildman–Crippen MR) is 82.4 cm³/mol. The van der Waals surface area contributed by atoms with Crippen LogP contribution in [0.3, 0.4) is 0 Å². The Labute approximate surface area is 122 Å². The van der Waals surface area contributed by atoms with E-state index in [-0.39, 0.29) is 11.4 Å². The largest absolute Gasteiger partial charge is 0.335 e. The maximum absolute atomic E-state index is 12.9. The smallest absolute Gasteiger partial charge is 0.243 e. The molecule has 20 heavy (non-hydrogen) atoms. The van der Waals surface area contributed by atoms with Gasteiger partial charge < -0.3 is 4.90 Å². The van der Waals surface area contributed by atoms with Gasteiger partial charge in [-0.05, 0) is 32.3 Å². The maximum Gasteiger partial charge on any atom is 0.243 e. The van der Waals surface area contributed by atoms with E-state index in [1.165, 1.54) is 5.56 Å². The number of carbonyl (C=O) groups excluding carboxylic acids is 1. The first kappa shape index (κ1) is 15.0. The van der Waals surface area contributed by atoms with Crippen molar-refractivity contribution in [1.82, 2.24) is 10.2 Å². The Morgan fingerprint density at radius 2 is 1.75 bits per heavy atom. The van der Waals surface area contributed by atoms with Gasteiger partial charge in [0.25, 0.3) is 0 Å². The van der Waals surface area contributed by atoms with Gasteiger partial charge in [-0.25, -0.2) is 0 Å². The monoisotopic (exact) mass is 274 g/mol. The fraction of sp³-hybridized carbons (Fsp3) is 0.588. The summed E-state index contributed by atoms with van der Waals surface area (Å²) in [5, 5.41) is 3.58. The molecule has 2 rings (SSSR count). The van der Waals surface area contributed by atoms with E-state index < -0.39 is 5.54 Å². The average molecular weight is 274 g/mol. The van der Waals surface area contributed by atoms with Crippen molar-refractivity contribution in [3.05, 3.63) is 35.9 Å². The number of benzene rings is 1. The Morgan fingerprint density at radius 1 is 1.15 bits per heavy atom. The number of rotatable bonds is 4. The van der Waals surface area contributed by atoms with Crippen molar-refractivity contribution in [2.45, 2.75) is 58.2 Å². The first-order valence-electron chi connectivity index (χ1n) is 7.55. The molecule has 1 N–H and O–H groups in total. The Morgan fingerprint density at radius 3 is 2.30 bits per heavy atom. The van der Waals surface area contributed by atoms with Crippen molar-refractivity contribution in [3.8, 4) is 0 Å². The highest BCUT2D eigenvalue weighted by Gasteiger charge is 2.47. The van der Waals surface area contributed by atoms with Gasteiger partial charge in [0, 0.05) is 18.6 Å². The Kier molecular flexibility index (Phi) is 4.19. The second-order valence-corrected chi connectivity index (χ2v) is 6.44. The van der Waals surface area contributed by atoms with Crippen LogP contribution in [0.25, 0.3) is 0 Å². The van der Waals surface area contributed by atoms with Gasteiger partial charge in [0.1, 0.15) is 0 Å². The number of carbonyl (C=O) groups is 1. The van der Waals surface area contributed by atoms with Crippen LogP contribution < -0.4 is 5.32 Å². The lowest BCUT2D eigenvalue weighted by Crippen LogP contribution is -2.71. The van der Waals surface area contributed by atoms with Gasteiger partial charge in [-0.15, -0.1) is 0 Å². The highest BCUT2D eigenvalue weighted by Crippen LogP contribution is 2.29. The van der Waals surface area contributed by atoms with E-state index >= 15 is 0 Å². The third-order valence-corrected chi connectivity index (χ3v) is 4.28. The van der Waals surface area contributed by atoms with Crippen LogP contribution >= 0.6 is 0 Å². The molecule has 0 bridgehead atoms. The molecule has 1 aliphatic rings. The normalized spacial score (nSPS) is 21.0. The molecule has 0 unspecified atom stereocenters. The number of nitrogens with zero attached hydrogens (tertiary/aromatic N) is 1. The van der Waals surface area contributed by atoms with E-state index in [0.29, 0.717) is 6.54 Å². The SMILES string of the molecule is CCC1(CC)NC(C)(C)CN(Cc2ccccc2)C1=O. The number of piperazine rings is 1. The van der Waals surface area contributed by atoms with Crippen LogP contribution in [-0.2, 0) is 11.3 Å². The second-order valence-electron chi connectivity index (χ2n) is 6.44. The summed E-state index contributed by atoms with van der Waals surface area (Å²) in [6, 6.07) is 10.2. The van der Waals surface area contributed by atoms with E-state index in [0.717, 1.165) is 19.4 Å². The van der Waals surface area contributed by atoms with Crippen molar-refractivity contribution in [1.29, 1.82) is 0 Å². The number of hydrogen-bond acceptors (Lipinski definition) is 2. The van der Waals surface area contributed by atoms with Crippen LogP contribution in [0.4, 0.5) is 0 Å². The van der Waals surface area contributed by atoms with Crippen molar-refractivity contribution < 1.29 is 4.79 Å². The summed E-state index contributed by atoms with van der Waals surface area (Å²) < 4.78 is 0. The predicted octanol–water partition coefficient (Wildman–Crippen LogP) is 2.96. The molecule has 0 aromatic heterocycles. The minimum Gasteiger partial charge on any atom is -0.335 e. The fourth-order valence-corrected chi connectivity index (χ4v) is 3.25. The van der Waals surface area contributed by atoms with E-state index in [2.05, 4.69) is 45.1 Å². The molecule has 1 saturated heterocycles. The molecule has 110 valence electrons. The topological polar surface area (TPSA) is 32.3 Å². The van der Waals surface area contributed by atoms with Gasteiger partial charge in [-0.1, -0.05) is 44.2 Å². The third-order valence-electron chi connectivity index (χ3n) is 4.28. The molecular weight excluding hydrogens is 248 g/mol. The molecule has 1 aromatic carbocycles. The van der Waals surface area contributed by atoms with Gasteiger partial charge in [-0.3, -0.25) is 10.1 Å². The quantitative estimate of drug-likeness (QED) is 0.915. The zero-order chi connectivity index (χ0) is 14.8. The molecule has 0 saturated carbocycles. The molecule has 0 radical (unpaired) electrons. The molecule has 0 spiro atoms. The number of hydrogen-bond donors (Lipinski definition) is 1. The minimum absolute atomic E-state index is 0.0469. The Bertz CT molecular complexity index is 463. The highest BCUT2D eigenvalue weighted by molar-refractivity contribution is 5.87. The van der Waals surface area contributed by atoms with Crippen LogP contribution in [0.2, 0.25) is 0 Å². The van der Waals surface area contributed by atoms with E-state index in [4.69, 9.17) is 0 Å².